The molecule has 34 heavy (non-hydrogen) atoms. The number of nitrogens with zero attached hydrogens (tertiary/aromatic N) is 1. The molecule has 0 radical (unpaired) electrons. The van der Waals surface area contributed by atoms with E-state index in [0.29, 0.717) is 5.39 Å². The minimum Gasteiger partial charge on any atom is -0.422 e. The lowest BCUT2D eigenvalue weighted by atomic mass is 10.1. The molecule has 2 N–H and O–H groups in total. The van der Waals surface area contributed by atoms with E-state index in [4.69, 9.17) is 4.42 Å². The number of aromatic nitrogens is 1. The Balaban J connectivity index is 1.58. The van der Waals surface area contributed by atoms with Gasteiger partial charge in [-0.1, -0.05) is 12.1 Å². The van der Waals surface area contributed by atoms with Crippen LogP contribution in [-0.4, -0.2) is 34.0 Å². The van der Waals surface area contributed by atoms with Gasteiger partial charge in [0.05, 0.1) is 10.5 Å². The Morgan fingerprint density at radius 2 is 1.65 bits per heavy atom. The minimum absolute atomic E-state index is 0.0440. The Hall–Kier alpha value is -4.03. The molecule has 0 aliphatic rings. The van der Waals surface area contributed by atoms with E-state index < -0.39 is 31.4 Å². The van der Waals surface area contributed by atoms with Crippen molar-refractivity contribution in [2.45, 2.75) is 9.92 Å². The van der Waals surface area contributed by atoms with E-state index in [9.17, 15) is 26.4 Å². The minimum atomic E-state index is -4.15. The molecule has 174 valence electrons. The first kappa shape index (κ1) is 23.1. The van der Waals surface area contributed by atoms with Gasteiger partial charge in [-0.2, -0.15) is 8.42 Å². The van der Waals surface area contributed by atoms with Crippen molar-refractivity contribution in [3.63, 3.8) is 0 Å². The molecular formula is C22H17N3O7S2. The topological polar surface area (TPSA) is 153 Å². The molecule has 4 aromatic rings. The number of nitrogens with one attached hydrogen (secondary N) is 2. The summed E-state index contributed by atoms with van der Waals surface area (Å²) < 4.78 is 56.1. The van der Waals surface area contributed by atoms with E-state index in [0.717, 1.165) is 12.3 Å². The van der Waals surface area contributed by atoms with Gasteiger partial charge in [0.25, 0.3) is 15.9 Å². The third kappa shape index (κ3) is 4.97. The summed E-state index contributed by atoms with van der Waals surface area (Å²) in [5.74, 6) is -0.612. The maximum Gasteiger partial charge on any atom is 0.336 e. The van der Waals surface area contributed by atoms with E-state index in [1.807, 2.05) is 0 Å². The molecule has 4 rings (SSSR count). The fraction of sp³-hybridized carbons (Fsp3) is 0.0455. The van der Waals surface area contributed by atoms with Crippen LogP contribution in [0.1, 0.15) is 10.4 Å². The Bertz CT molecular complexity index is 1680. The molecular weight excluding hydrogens is 482 g/mol. The summed E-state index contributed by atoms with van der Waals surface area (Å²) >= 11 is 0. The fourth-order valence-corrected chi connectivity index (χ4v) is 4.74. The summed E-state index contributed by atoms with van der Waals surface area (Å²) in [7, 11) is -7.57. The van der Waals surface area contributed by atoms with Crippen molar-refractivity contribution in [2.75, 3.05) is 16.3 Å². The molecule has 0 atom stereocenters. The molecule has 2 aromatic heterocycles. The van der Waals surface area contributed by atoms with Crippen molar-refractivity contribution in [3.8, 4) is 0 Å². The van der Waals surface area contributed by atoms with Crippen molar-refractivity contribution in [3.05, 3.63) is 88.9 Å². The lowest BCUT2D eigenvalue weighted by molar-refractivity contribution is 0.102. The number of amides is 1. The average Bonchev–Trinajstić information content (AvgIpc) is 2.78. The Morgan fingerprint density at radius 3 is 2.35 bits per heavy atom. The highest BCUT2D eigenvalue weighted by Crippen LogP contribution is 2.21. The molecule has 0 bridgehead atoms. The molecule has 2 aromatic carbocycles. The van der Waals surface area contributed by atoms with Crippen LogP contribution in [0.15, 0.2) is 92.1 Å². The molecule has 0 unspecified atom stereocenters. The zero-order valence-electron chi connectivity index (χ0n) is 17.5. The van der Waals surface area contributed by atoms with Gasteiger partial charge in [0, 0.05) is 41.3 Å². The Morgan fingerprint density at radius 1 is 0.912 bits per heavy atom. The van der Waals surface area contributed by atoms with Gasteiger partial charge in [-0.05, 0) is 42.5 Å². The van der Waals surface area contributed by atoms with Crippen LogP contribution in [0.4, 0.5) is 11.4 Å². The van der Waals surface area contributed by atoms with Gasteiger partial charge in [0.1, 0.15) is 0 Å². The van der Waals surface area contributed by atoms with E-state index >= 15 is 0 Å². The van der Waals surface area contributed by atoms with Gasteiger partial charge in [-0.25, -0.2) is 18.2 Å². The number of carbonyl (C=O) groups is 1. The molecule has 12 heteroatoms. The van der Waals surface area contributed by atoms with Crippen LogP contribution in [0.5, 0.6) is 0 Å². The van der Waals surface area contributed by atoms with Gasteiger partial charge in [-0.3, -0.25) is 9.52 Å². The molecule has 0 fully saturated rings. The van der Waals surface area contributed by atoms with Crippen LogP contribution in [0.3, 0.4) is 0 Å². The van der Waals surface area contributed by atoms with Crippen LogP contribution in [0, 0.1) is 0 Å². The SMILES string of the molecule is CS(=O)(=O)c1ccc(NS(=O)(=O)c2cc(NC(=O)c3cccc4ccc(=O)oc34)ccn2)cc1. The van der Waals surface area contributed by atoms with Crippen LogP contribution >= 0.6 is 0 Å². The number of anilines is 2. The number of sulfonamides is 1. The van der Waals surface area contributed by atoms with Crippen molar-refractivity contribution in [2.24, 2.45) is 0 Å². The van der Waals surface area contributed by atoms with Gasteiger partial charge < -0.3 is 9.73 Å². The summed E-state index contributed by atoms with van der Waals surface area (Å²) in [4.78, 5) is 28.3. The lowest BCUT2D eigenvalue weighted by Crippen LogP contribution is -2.16. The quantitative estimate of drug-likeness (QED) is 0.384. The Kier molecular flexibility index (Phi) is 5.94. The molecule has 0 saturated carbocycles. The lowest BCUT2D eigenvalue weighted by Gasteiger charge is -2.10. The summed E-state index contributed by atoms with van der Waals surface area (Å²) in [5.41, 5.74) is -0.132. The third-order valence-electron chi connectivity index (χ3n) is 4.69. The first-order valence-corrected chi connectivity index (χ1v) is 13.0. The number of hydrogen-bond donors (Lipinski definition) is 2. The number of sulfone groups is 1. The number of hydrogen-bond acceptors (Lipinski definition) is 8. The maximum atomic E-state index is 12.8. The van der Waals surface area contributed by atoms with E-state index in [1.54, 1.807) is 12.1 Å². The number of pyridine rings is 1. The number of carbonyl (C=O) groups excluding carboxylic acids is 1. The zero-order valence-corrected chi connectivity index (χ0v) is 19.2. The highest BCUT2D eigenvalue weighted by atomic mass is 32.2. The summed E-state index contributed by atoms with van der Waals surface area (Å²) in [6.45, 7) is 0. The molecule has 1 amide bonds. The highest BCUT2D eigenvalue weighted by molar-refractivity contribution is 7.92. The van der Waals surface area contributed by atoms with Crippen LogP contribution < -0.4 is 15.7 Å². The predicted octanol–water partition coefficient (Wildman–Crippen LogP) is 2.64. The number of rotatable bonds is 6. The van der Waals surface area contributed by atoms with Crippen molar-refractivity contribution in [1.82, 2.24) is 4.98 Å². The van der Waals surface area contributed by atoms with Crippen LogP contribution in [0.2, 0.25) is 0 Å². The largest absolute Gasteiger partial charge is 0.422 e. The van der Waals surface area contributed by atoms with Crippen LogP contribution in [-0.2, 0) is 19.9 Å². The highest BCUT2D eigenvalue weighted by Gasteiger charge is 2.19. The van der Waals surface area contributed by atoms with Crippen molar-refractivity contribution < 1.29 is 26.0 Å². The molecule has 0 aliphatic heterocycles. The monoisotopic (exact) mass is 499 g/mol. The van der Waals surface area contributed by atoms with E-state index in [-0.39, 0.29) is 32.4 Å². The predicted molar refractivity (Wildman–Crippen MR) is 125 cm³/mol. The molecule has 2 heterocycles. The number of fused-ring (bicyclic) bond motifs is 1. The molecule has 0 aliphatic carbocycles. The summed E-state index contributed by atoms with van der Waals surface area (Å²) in [5, 5.41) is 2.75. The van der Waals surface area contributed by atoms with Crippen LogP contribution in [0.25, 0.3) is 11.0 Å². The van der Waals surface area contributed by atoms with E-state index in [1.165, 1.54) is 54.7 Å². The van der Waals surface area contributed by atoms with E-state index in [2.05, 4.69) is 15.0 Å². The summed E-state index contributed by atoms with van der Waals surface area (Å²) in [6.07, 6.45) is 2.25. The number of para-hydroxylation sites is 1. The number of benzene rings is 2. The normalized spacial score (nSPS) is 11.8. The first-order chi connectivity index (χ1) is 16.0. The van der Waals surface area contributed by atoms with Gasteiger partial charge >= 0.3 is 5.63 Å². The van der Waals surface area contributed by atoms with Gasteiger partial charge in [0.15, 0.2) is 20.4 Å². The van der Waals surface area contributed by atoms with Gasteiger partial charge in [0.2, 0.25) is 0 Å². The fourth-order valence-electron chi connectivity index (χ4n) is 3.08. The first-order valence-electron chi connectivity index (χ1n) is 9.66. The second-order valence-electron chi connectivity index (χ2n) is 7.22. The second kappa shape index (κ2) is 8.72. The standard InChI is InChI=1S/C22H17N3O7S2/c1-33(28,29)17-8-6-15(7-9-17)25-34(30,31)19-13-16(11-12-23-19)24-22(27)18-4-2-3-14-5-10-20(26)32-21(14)18/h2-13,25H,1H3,(H,23,24,27). The van der Waals surface area contributed by atoms with Gasteiger partial charge in [-0.15, -0.1) is 0 Å². The Labute approximate surface area is 194 Å². The zero-order chi connectivity index (χ0) is 24.5. The average molecular weight is 500 g/mol. The summed E-state index contributed by atoms with van der Waals surface area (Å²) in [6, 6.07) is 15.3. The molecule has 10 nitrogen and oxygen atoms in total. The smallest absolute Gasteiger partial charge is 0.336 e. The van der Waals surface area contributed by atoms with Crippen molar-refractivity contribution >= 4 is 48.1 Å². The third-order valence-corrected chi connectivity index (χ3v) is 7.10. The van der Waals surface area contributed by atoms with Crippen molar-refractivity contribution in [1.29, 1.82) is 0 Å². The molecule has 0 spiro atoms. The molecule has 0 saturated heterocycles. The maximum absolute atomic E-state index is 12.8. The second-order valence-corrected chi connectivity index (χ2v) is 10.9.